The number of hydrogen-bond donors (Lipinski definition) is 5. The van der Waals surface area contributed by atoms with E-state index in [1.807, 2.05) is 0 Å². The quantitative estimate of drug-likeness (QED) is 0.209. The van der Waals surface area contributed by atoms with Gasteiger partial charge in [-0.3, -0.25) is 24.4 Å². The second kappa shape index (κ2) is 12.2. The lowest BCUT2D eigenvalue weighted by Gasteiger charge is -2.33. The molecule has 5 N–H and O–H groups in total. The number of hydroxylamine groups is 1. The van der Waals surface area contributed by atoms with Gasteiger partial charge in [0.25, 0.3) is 5.91 Å². The molecule has 0 saturated heterocycles. The monoisotopic (exact) mass is 553 g/mol. The van der Waals surface area contributed by atoms with Crippen LogP contribution >= 0.6 is 0 Å². The molecule has 13 heteroatoms. The number of sulfonamides is 1. The third-order valence-corrected chi connectivity index (χ3v) is 7.94. The van der Waals surface area contributed by atoms with Crippen LogP contribution in [-0.4, -0.2) is 63.4 Å². The van der Waals surface area contributed by atoms with Gasteiger partial charge in [-0.1, -0.05) is 34.6 Å². The Morgan fingerprint density at radius 3 is 2.24 bits per heavy atom. The number of hydrogen-bond acceptors (Lipinski definition) is 7. The van der Waals surface area contributed by atoms with Crippen LogP contribution in [0.5, 0.6) is 0 Å². The molecule has 0 bridgehead atoms. The van der Waals surface area contributed by atoms with Gasteiger partial charge in [0.1, 0.15) is 12.1 Å². The minimum atomic E-state index is -4.36. The Kier molecular flexibility index (Phi) is 10.0. The van der Waals surface area contributed by atoms with Crippen molar-refractivity contribution in [3.63, 3.8) is 0 Å². The highest BCUT2D eigenvalue weighted by molar-refractivity contribution is 7.89. The number of anilines is 1. The summed E-state index contributed by atoms with van der Waals surface area (Å²) in [6, 6.07) is 1.59. The summed E-state index contributed by atoms with van der Waals surface area (Å²) in [4.78, 5) is 52.0. The summed E-state index contributed by atoms with van der Waals surface area (Å²) in [7, 11) is -1.32. The van der Waals surface area contributed by atoms with Gasteiger partial charge in [0.05, 0.1) is 10.8 Å². The van der Waals surface area contributed by atoms with Crippen LogP contribution in [0.2, 0.25) is 0 Å². The normalized spacial score (nSPS) is 16.3. The Balaban J connectivity index is 2.46. The van der Waals surface area contributed by atoms with Crippen molar-refractivity contribution in [2.24, 2.45) is 17.3 Å². The molecule has 1 aliphatic heterocycles. The molecule has 4 amide bonds. The number of amides is 4. The third kappa shape index (κ3) is 7.29. The predicted octanol–water partition coefficient (Wildman–Crippen LogP) is 0.687. The number of nitrogens with one attached hydrogen (secondary N) is 4. The summed E-state index contributed by atoms with van der Waals surface area (Å²) >= 11 is 0. The molecule has 1 heterocycles. The zero-order valence-electron chi connectivity index (χ0n) is 22.9. The second-order valence-electron chi connectivity index (χ2n) is 11.0. The van der Waals surface area contributed by atoms with Crippen molar-refractivity contribution in [3.8, 4) is 0 Å². The van der Waals surface area contributed by atoms with E-state index in [0.29, 0.717) is 17.7 Å². The van der Waals surface area contributed by atoms with Crippen molar-refractivity contribution in [1.29, 1.82) is 0 Å². The summed E-state index contributed by atoms with van der Waals surface area (Å²) in [6.45, 7) is 8.86. The molecule has 0 unspecified atom stereocenters. The number of aryl methyl sites for hydroxylation is 1. The molecule has 38 heavy (non-hydrogen) atoms. The van der Waals surface area contributed by atoms with Crippen LogP contribution in [0, 0.1) is 17.3 Å². The fourth-order valence-electron chi connectivity index (χ4n) is 4.39. The maximum absolute atomic E-state index is 13.5. The van der Waals surface area contributed by atoms with Crippen LogP contribution in [0.25, 0.3) is 0 Å². The van der Waals surface area contributed by atoms with Gasteiger partial charge in [-0.15, -0.1) is 0 Å². The third-order valence-electron chi connectivity index (χ3n) is 6.51. The zero-order chi connectivity index (χ0) is 29.0. The van der Waals surface area contributed by atoms with Crippen LogP contribution in [0.4, 0.5) is 5.69 Å². The van der Waals surface area contributed by atoms with Gasteiger partial charge in [0.15, 0.2) is 0 Å². The van der Waals surface area contributed by atoms with E-state index in [2.05, 4.69) is 15.4 Å². The van der Waals surface area contributed by atoms with E-state index in [9.17, 15) is 32.8 Å². The zero-order valence-corrected chi connectivity index (χ0v) is 23.7. The van der Waals surface area contributed by atoms with Crippen LogP contribution in [0.15, 0.2) is 23.1 Å². The summed E-state index contributed by atoms with van der Waals surface area (Å²) in [6.07, 6.45) is 0.662. The SMILES string of the molecule is CNC(=O)[C@@H](NC(=O)[C@H](CC(C)C)[C@H](NS(=O)(=O)c1ccc2c(c1)CCC(=O)N2C)C(=O)NO)C(C)(C)C. The number of carbonyl (C=O) groups is 4. The molecule has 0 aromatic heterocycles. The van der Waals surface area contributed by atoms with Gasteiger partial charge in [-0.05, 0) is 47.9 Å². The molecular weight excluding hydrogens is 514 g/mol. The smallest absolute Gasteiger partial charge is 0.262 e. The van der Waals surface area contributed by atoms with Crippen LogP contribution in [0.1, 0.15) is 53.0 Å². The predicted molar refractivity (Wildman–Crippen MR) is 141 cm³/mol. The van der Waals surface area contributed by atoms with Crippen molar-refractivity contribution in [2.75, 3.05) is 19.0 Å². The first-order chi connectivity index (χ1) is 17.5. The molecule has 0 spiro atoms. The van der Waals surface area contributed by atoms with Gasteiger partial charge >= 0.3 is 0 Å². The van der Waals surface area contributed by atoms with Gasteiger partial charge < -0.3 is 15.5 Å². The molecule has 0 saturated carbocycles. The van der Waals surface area contributed by atoms with E-state index in [4.69, 9.17) is 0 Å². The van der Waals surface area contributed by atoms with Crippen molar-refractivity contribution < 1.29 is 32.8 Å². The van der Waals surface area contributed by atoms with Crippen LogP contribution in [-0.2, 0) is 35.6 Å². The average Bonchev–Trinajstić information content (AvgIpc) is 2.84. The number of benzene rings is 1. The summed E-state index contributed by atoms with van der Waals surface area (Å²) in [5, 5.41) is 14.6. The van der Waals surface area contributed by atoms with E-state index in [1.54, 1.807) is 41.7 Å². The molecule has 0 radical (unpaired) electrons. The van der Waals surface area contributed by atoms with Gasteiger partial charge in [-0.25, -0.2) is 13.9 Å². The fraction of sp³-hybridized carbons (Fsp3) is 0.600. The van der Waals surface area contributed by atoms with Gasteiger partial charge in [0, 0.05) is 26.2 Å². The first-order valence-corrected chi connectivity index (χ1v) is 13.9. The number of fused-ring (bicyclic) bond motifs is 1. The Bertz CT molecular complexity index is 1180. The van der Waals surface area contributed by atoms with E-state index >= 15 is 0 Å². The molecule has 1 aromatic rings. The highest BCUT2D eigenvalue weighted by Gasteiger charge is 2.41. The molecule has 12 nitrogen and oxygen atoms in total. The minimum Gasteiger partial charge on any atom is -0.357 e. The van der Waals surface area contributed by atoms with Crippen LogP contribution < -0.4 is 25.7 Å². The molecular formula is C25H39N5O7S. The second-order valence-corrected chi connectivity index (χ2v) is 12.7. The first kappa shape index (κ1) is 31.2. The molecule has 212 valence electrons. The number of likely N-dealkylation sites (N-methyl/N-ethyl adjacent to an activating group) is 1. The number of carbonyl (C=O) groups excluding carboxylic acids is 4. The van der Waals surface area contributed by atoms with Crippen molar-refractivity contribution in [2.45, 2.75) is 70.9 Å². The lowest BCUT2D eigenvalue weighted by atomic mass is 9.84. The van der Waals surface area contributed by atoms with Gasteiger partial charge in [-0.2, -0.15) is 4.72 Å². The summed E-state index contributed by atoms with van der Waals surface area (Å²) in [5.74, 6) is -3.77. The molecule has 3 atom stereocenters. The standard InChI is InChI=1S/C25H39N5O7S/c1-14(2)12-17(22(32)27-21(24(34)26-6)25(3,4)5)20(23(33)28-35)29-38(36,37)16-9-10-18-15(13-16)8-11-19(31)30(18)7/h9-10,13-14,17,20-21,29,35H,8,11-12H2,1-7H3,(H,26,34)(H,27,32)(H,28,33)/t17-,20+,21-/m1/s1. The Morgan fingerprint density at radius 1 is 1.08 bits per heavy atom. The van der Waals surface area contributed by atoms with E-state index < -0.39 is 51.2 Å². The largest absolute Gasteiger partial charge is 0.357 e. The Labute approximate surface area is 223 Å². The van der Waals surface area contributed by atoms with Crippen LogP contribution in [0.3, 0.4) is 0 Å². The topological polar surface area (TPSA) is 174 Å². The van der Waals surface area contributed by atoms with Crippen molar-refractivity contribution >= 4 is 39.3 Å². The average molecular weight is 554 g/mol. The van der Waals surface area contributed by atoms with E-state index in [0.717, 1.165) is 0 Å². The highest BCUT2D eigenvalue weighted by atomic mass is 32.2. The summed E-state index contributed by atoms with van der Waals surface area (Å²) < 4.78 is 29.1. The number of rotatable bonds is 10. The molecule has 0 fully saturated rings. The lowest BCUT2D eigenvalue weighted by Crippen LogP contribution is -2.59. The van der Waals surface area contributed by atoms with E-state index in [1.165, 1.54) is 35.6 Å². The molecule has 0 aliphatic carbocycles. The maximum Gasteiger partial charge on any atom is 0.262 e. The Morgan fingerprint density at radius 2 is 1.71 bits per heavy atom. The fourth-order valence-corrected chi connectivity index (χ4v) is 5.68. The maximum atomic E-state index is 13.5. The minimum absolute atomic E-state index is 0.0775. The molecule has 1 aliphatic rings. The lowest BCUT2D eigenvalue weighted by molar-refractivity contribution is -0.139. The molecule has 2 rings (SSSR count). The van der Waals surface area contributed by atoms with Gasteiger partial charge in [0.2, 0.25) is 27.7 Å². The molecule has 1 aromatic carbocycles. The summed E-state index contributed by atoms with van der Waals surface area (Å²) in [5.41, 5.74) is 2.00. The number of nitrogens with zero attached hydrogens (tertiary/aromatic N) is 1. The highest BCUT2D eigenvalue weighted by Crippen LogP contribution is 2.29. The van der Waals surface area contributed by atoms with Crippen molar-refractivity contribution in [3.05, 3.63) is 23.8 Å². The first-order valence-electron chi connectivity index (χ1n) is 12.4. The van der Waals surface area contributed by atoms with Crippen molar-refractivity contribution in [1.82, 2.24) is 20.8 Å². The Hall–Kier alpha value is -3.03. The van der Waals surface area contributed by atoms with E-state index in [-0.39, 0.29) is 29.6 Å².